The van der Waals surface area contributed by atoms with E-state index >= 15 is 0 Å². The molecule has 1 saturated heterocycles. The number of rotatable bonds is 7. The summed E-state index contributed by atoms with van der Waals surface area (Å²) in [7, 11) is 1.60. The number of aromatic nitrogens is 1. The summed E-state index contributed by atoms with van der Waals surface area (Å²) in [6, 6.07) is 4.90. The second-order valence-corrected chi connectivity index (χ2v) is 13.2. The van der Waals surface area contributed by atoms with Gasteiger partial charge in [-0.15, -0.1) is 11.3 Å². The van der Waals surface area contributed by atoms with Crippen molar-refractivity contribution in [3.63, 3.8) is 0 Å². The molecule has 0 unspecified atom stereocenters. The minimum absolute atomic E-state index is 0.0918. The van der Waals surface area contributed by atoms with Gasteiger partial charge in [-0.1, -0.05) is 40.7 Å². The van der Waals surface area contributed by atoms with Crippen LogP contribution >= 0.6 is 11.3 Å². The van der Waals surface area contributed by atoms with Gasteiger partial charge in [0.15, 0.2) is 0 Å². The second kappa shape index (κ2) is 10.7. The highest BCUT2D eigenvalue weighted by molar-refractivity contribution is 7.07. The summed E-state index contributed by atoms with van der Waals surface area (Å²) >= 11 is 1.42. The highest BCUT2D eigenvalue weighted by Gasteiger charge is 2.60. The standard InChI is InChI=1S/C29H42N2O5S/c1-18(2)13-29(26(34)36-28(6,7)8)14-20(15-32)24(22-16-37-17-30-22)31(29)25(33)19-10-11-21(27(3,4)5)23(12-19)35-9/h10-12,16-18,20,24,32H,13-15H2,1-9H3/t20-,24-,29+/m1/s1. The van der Waals surface area contributed by atoms with Crippen molar-refractivity contribution in [2.24, 2.45) is 11.8 Å². The number of benzene rings is 1. The molecule has 0 radical (unpaired) electrons. The van der Waals surface area contributed by atoms with Gasteiger partial charge in [-0.25, -0.2) is 9.78 Å². The van der Waals surface area contributed by atoms with E-state index in [4.69, 9.17) is 9.47 Å². The predicted octanol–water partition coefficient (Wildman–Crippen LogP) is 5.77. The molecule has 2 heterocycles. The Morgan fingerprint density at radius 2 is 1.89 bits per heavy atom. The summed E-state index contributed by atoms with van der Waals surface area (Å²) in [5, 5.41) is 12.3. The first-order chi connectivity index (χ1) is 17.1. The van der Waals surface area contributed by atoms with Crippen LogP contribution in [0.3, 0.4) is 0 Å². The Labute approximate surface area is 225 Å². The quantitative estimate of drug-likeness (QED) is 0.457. The molecular formula is C29H42N2O5S. The molecule has 1 fully saturated rings. The second-order valence-electron chi connectivity index (χ2n) is 12.5. The summed E-state index contributed by atoms with van der Waals surface area (Å²) in [5.41, 5.74) is 1.62. The molecule has 8 heteroatoms. The number of ether oxygens (including phenoxy) is 2. The van der Waals surface area contributed by atoms with Gasteiger partial charge in [0.25, 0.3) is 5.91 Å². The third kappa shape index (κ3) is 6.01. The lowest BCUT2D eigenvalue weighted by atomic mass is 9.83. The molecule has 37 heavy (non-hydrogen) atoms. The van der Waals surface area contributed by atoms with E-state index in [9.17, 15) is 14.7 Å². The minimum atomic E-state index is -1.25. The molecule has 0 aliphatic carbocycles. The number of carbonyl (C=O) groups is 2. The zero-order chi connectivity index (χ0) is 27.8. The van der Waals surface area contributed by atoms with E-state index in [2.05, 4.69) is 25.8 Å². The van der Waals surface area contributed by atoms with Crippen LogP contribution in [-0.4, -0.2) is 51.7 Å². The van der Waals surface area contributed by atoms with E-state index in [0.29, 0.717) is 29.8 Å². The number of carbonyl (C=O) groups excluding carboxylic acids is 2. The van der Waals surface area contributed by atoms with E-state index in [0.717, 1.165) is 5.56 Å². The lowest BCUT2D eigenvalue weighted by Gasteiger charge is -2.41. The van der Waals surface area contributed by atoms with Crippen molar-refractivity contribution >= 4 is 23.2 Å². The van der Waals surface area contributed by atoms with Crippen LogP contribution in [0.1, 0.15) is 95.9 Å². The van der Waals surface area contributed by atoms with E-state index < -0.39 is 23.2 Å². The summed E-state index contributed by atoms with van der Waals surface area (Å²) in [6.07, 6.45) is 0.698. The smallest absolute Gasteiger partial charge is 0.332 e. The fraction of sp³-hybridized carbons (Fsp3) is 0.621. The Morgan fingerprint density at radius 3 is 2.38 bits per heavy atom. The third-order valence-electron chi connectivity index (χ3n) is 6.77. The number of thiazole rings is 1. The van der Waals surface area contributed by atoms with Crippen LogP contribution < -0.4 is 4.74 Å². The first-order valence-corrected chi connectivity index (χ1v) is 13.8. The van der Waals surface area contributed by atoms with E-state index in [1.165, 1.54) is 11.3 Å². The lowest BCUT2D eigenvalue weighted by Crippen LogP contribution is -2.56. The Balaban J connectivity index is 2.24. The van der Waals surface area contributed by atoms with Crippen LogP contribution in [0.5, 0.6) is 5.75 Å². The van der Waals surface area contributed by atoms with Gasteiger partial charge in [0.1, 0.15) is 16.9 Å². The van der Waals surface area contributed by atoms with Crippen LogP contribution in [0, 0.1) is 11.8 Å². The maximum absolute atomic E-state index is 14.5. The average Bonchev–Trinajstić information content (AvgIpc) is 3.42. The molecule has 3 atom stereocenters. The Bertz CT molecular complexity index is 1100. The maximum atomic E-state index is 14.5. The Kier molecular flexibility index (Phi) is 8.44. The molecule has 1 aromatic heterocycles. The molecule has 1 aliphatic rings. The fourth-order valence-electron chi connectivity index (χ4n) is 5.43. The van der Waals surface area contributed by atoms with Crippen LogP contribution in [0.2, 0.25) is 0 Å². The van der Waals surface area contributed by atoms with Crippen molar-refractivity contribution in [2.75, 3.05) is 13.7 Å². The Hall–Kier alpha value is -2.45. The van der Waals surface area contributed by atoms with E-state index in [-0.39, 0.29) is 29.8 Å². The highest BCUT2D eigenvalue weighted by Crippen LogP contribution is 2.51. The molecule has 3 rings (SSSR count). The van der Waals surface area contributed by atoms with Crippen LogP contribution in [0.4, 0.5) is 0 Å². The number of hydrogen-bond donors (Lipinski definition) is 1. The molecular weight excluding hydrogens is 488 g/mol. The number of hydrogen-bond acceptors (Lipinski definition) is 7. The number of esters is 1. The number of likely N-dealkylation sites (tertiary alicyclic amines) is 1. The molecule has 0 saturated carbocycles. The van der Waals surface area contributed by atoms with Gasteiger partial charge in [-0.05, 0) is 62.6 Å². The minimum Gasteiger partial charge on any atom is -0.496 e. The number of methoxy groups -OCH3 is 1. The van der Waals surface area contributed by atoms with E-state index in [1.807, 2.05) is 46.1 Å². The summed E-state index contributed by atoms with van der Waals surface area (Å²) in [5.74, 6) is -0.411. The molecule has 2 aromatic rings. The summed E-state index contributed by atoms with van der Waals surface area (Å²) < 4.78 is 11.6. The van der Waals surface area contributed by atoms with Crippen LogP contribution in [-0.2, 0) is 14.9 Å². The third-order valence-corrected chi connectivity index (χ3v) is 7.38. The molecule has 1 N–H and O–H groups in total. The Morgan fingerprint density at radius 1 is 1.22 bits per heavy atom. The van der Waals surface area contributed by atoms with E-state index in [1.54, 1.807) is 29.7 Å². The SMILES string of the molecule is COc1cc(C(=O)N2[C@@H](c3cscn3)[C@@H](CO)C[C@@]2(CC(C)C)C(=O)OC(C)(C)C)ccc1C(C)(C)C. The summed E-state index contributed by atoms with van der Waals surface area (Å²) in [6.45, 7) is 15.6. The van der Waals surface area contributed by atoms with Crippen molar-refractivity contribution in [3.8, 4) is 5.75 Å². The number of nitrogens with zero attached hydrogens (tertiary/aromatic N) is 2. The summed E-state index contributed by atoms with van der Waals surface area (Å²) in [4.78, 5) is 34.7. The van der Waals surface area contributed by atoms with Crippen LogP contribution in [0.15, 0.2) is 29.1 Å². The number of aliphatic hydroxyl groups is 1. The van der Waals surface area contributed by atoms with Gasteiger partial charge in [-0.2, -0.15) is 0 Å². The molecule has 1 aliphatic heterocycles. The average molecular weight is 531 g/mol. The molecule has 0 spiro atoms. The number of aliphatic hydroxyl groups excluding tert-OH is 1. The van der Waals surface area contributed by atoms with Crippen molar-refractivity contribution in [2.45, 2.75) is 90.8 Å². The van der Waals surface area contributed by atoms with Crippen LogP contribution in [0.25, 0.3) is 0 Å². The molecule has 1 aromatic carbocycles. The van der Waals surface area contributed by atoms with Gasteiger partial charge in [0, 0.05) is 23.5 Å². The van der Waals surface area contributed by atoms with Gasteiger partial charge in [0.05, 0.1) is 24.4 Å². The van der Waals surface area contributed by atoms with Crippen molar-refractivity contribution in [1.82, 2.24) is 9.88 Å². The monoisotopic (exact) mass is 530 g/mol. The maximum Gasteiger partial charge on any atom is 0.332 e. The predicted molar refractivity (Wildman–Crippen MR) is 146 cm³/mol. The zero-order valence-electron chi connectivity index (χ0n) is 23.6. The molecule has 1 amide bonds. The topological polar surface area (TPSA) is 89.0 Å². The zero-order valence-corrected chi connectivity index (χ0v) is 24.4. The molecule has 7 nitrogen and oxygen atoms in total. The van der Waals surface area contributed by atoms with Crippen molar-refractivity contribution < 1.29 is 24.2 Å². The first-order valence-electron chi connectivity index (χ1n) is 12.9. The van der Waals surface area contributed by atoms with Gasteiger partial charge in [0.2, 0.25) is 0 Å². The lowest BCUT2D eigenvalue weighted by molar-refractivity contribution is -0.168. The highest BCUT2D eigenvalue weighted by atomic mass is 32.1. The van der Waals surface area contributed by atoms with Gasteiger partial charge in [-0.3, -0.25) is 4.79 Å². The first kappa shape index (κ1) is 29.1. The number of amides is 1. The van der Waals surface area contributed by atoms with Gasteiger partial charge < -0.3 is 19.5 Å². The normalized spacial score (nSPS) is 22.4. The molecule has 204 valence electrons. The molecule has 0 bridgehead atoms. The van der Waals surface area contributed by atoms with Gasteiger partial charge >= 0.3 is 5.97 Å². The van der Waals surface area contributed by atoms with Crippen molar-refractivity contribution in [1.29, 1.82) is 0 Å². The largest absolute Gasteiger partial charge is 0.496 e. The van der Waals surface area contributed by atoms with Crippen molar-refractivity contribution in [3.05, 3.63) is 45.9 Å². The fourth-order valence-corrected chi connectivity index (χ4v) is 6.01.